The third kappa shape index (κ3) is 8.18. The molecule has 1 fully saturated rings. The van der Waals surface area contributed by atoms with E-state index in [1.807, 2.05) is 30.3 Å². The smallest absolute Gasteiger partial charge is 0.417 e. The largest absolute Gasteiger partial charge is 0.466 e. The van der Waals surface area contributed by atoms with Crippen LogP contribution in [-0.2, 0) is 19.1 Å². The van der Waals surface area contributed by atoms with Crippen LogP contribution in [0.25, 0.3) is 22.4 Å². The minimum atomic E-state index is -1.32. The monoisotopic (exact) mass is 562 g/mol. The molecule has 0 spiro atoms. The molecule has 10 nitrogen and oxygen atoms in total. The van der Waals surface area contributed by atoms with Crippen LogP contribution in [0.2, 0.25) is 0 Å². The summed E-state index contributed by atoms with van der Waals surface area (Å²) in [5.74, 6) is -2.68. The molecule has 2 heterocycles. The zero-order valence-electron chi connectivity index (χ0n) is 22.6. The Labute approximate surface area is 236 Å². The summed E-state index contributed by atoms with van der Waals surface area (Å²) in [4.78, 5) is 56.9. The molecule has 0 aliphatic carbocycles. The van der Waals surface area contributed by atoms with E-state index < -0.39 is 35.8 Å². The second-order valence-electron chi connectivity index (χ2n) is 9.29. The number of halogens is 1. The Morgan fingerprint density at radius 3 is 2.37 bits per heavy atom. The van der Waals surface area contributed by atoms with Crippen molar-refractivity contribution in [1.29, 1.82) is 0 Å². The first-order valence-corrected chi connectivity index (χ1v) is 13.3. The molecule has 2 N–H and O–H groups in total. The van der Waals surface area contributed by atoms with Gasteiger partial charge in [-0.3, -0.25) is 9.59 Å². The molecule has 1 saturated heterocycles. The van der Waals surface area contributed by atoms with Crippen LogP contribution in [-0.4, -0.2) is 72.7 Å². The maximum Gasteiger partial charge on any atom is 0.417 e. The van der Waals surface area contributed by atoms with Crippen LogP contribution < -0.4 is 10.6 Å². The van der Waals surface area contributed by atoms with Crippen molar-refractivity contribution in [3.63, 3.8) is 0 Å². The Kier molecular flexibility index (Phi) is 10.1. The van der Waals surface area contributed by atoms with Crippen molar-refractivity contribution >= 4 is 23.9 Å². The topological polar surface area (TPSA) is 127 Å². The predicted octanol–water partition coefficient (Wildman–Crippen LogP) is 3.56. The Balaban J connectivity index is 1.60. The number of carbonyl (C=O) groups excluding carboxylic acids is 4. The van der Waals surface area contributed by atoms with Crippen LogP contribution in [0, 0.1) is 5.82 Å². The van der Waals surface area contributed by atoms with Crippen molar-refractivity contribution < 1.29 is 33.0 Å². The molecule has 1 aliphatic heterocycles. The number of amides is 2. The number of piperazine rings is 1. The summed E-state index contributed by atoms with van der Waals surface area (Å²) in [6, 6.07) is 17.0. The fraction of sp³-hybridized carbons (Fsp3) is 0.300. The normalized spacial score (nSPS) is 13.7. The van der Waals surface area contributed by atoms with E-state index in [2.05, 4.69) is 15.6 Å². The highest BCUT2D eigenvalue weighted by atomic mass is 19.1. The van der Waals surface area contributed by atoms with Crippen molar-refractivity contribution in [3.8, 4) is 22.4 Å². The maximum atomic E-state index is 13.6. The summed E-state index contributed by atoms with van der Waals surface area (Å²) < 4.78 is 23.6. The Morgan fingerprint density at radius 1 is 0.976 bits per heavy atom. The Hall–Kier alpha value is -4.64. The van der Waals surface area contributed by atoms with Gasteiger partial charge in [0.1, 0.15) is 17.6 Å². The third-order valence-corrected chi connectivity index (χ3v) is 6.40. The lowest BCUT2D eigenvalue weighted by Crippen LogP contribution is -2.49. The van der Waals surface area contributed by atoms with E-state index >= 15 is 0 Å². The molecule has 11 heteroatoms. The van der Waals surface area contributed by atoms with E-state index in [1.54, 1.807) is 31.2 Å². The number of benzene rings is 2. The highest BCUT2D eigenvalue weighted by Crippen LogP contribution is 2.26. The molecule has 4 rings (SSSR count). The molecule has 2 amide bonds. The number of aromatic nitrogens is 1. The molecule has 1 unspecified atom stereocenters. The number of hydrogen-bond donors (Lipinski definition) is 2. The average Bonchev–Trinajstić information content (AvgIpc) is 3.00. The van der Waals surface area contributed by atoms with Crippen molar-refractivity contribution in [2.45, 2.75) is 25.8 Å². The van der Waals surface area contributed by atoms with Crippen molar-refractivity contribution in [1.82, 2.24) is 20.5 Å². The van der Waals surface area contributed by atoms with Gasteiger partial charge in [0.15, 0.2) is 0 Å². The number of carbonyl (C=O) groups is 4. The van der Waals surface area contributed by atoms with E-state index in [4.69, 9.17) is 9.47 Å². The van der Waals surface area contributed by atoms with Crippen LogP contribution >= 0.6 is 0 Å². The average molecular weight is 563 g/mol. The first kappa shape index (κ1) is 29.3. The lowest BCUT2D eigenvalue weighted by atomic mass is 10.0. The van der Waals surface area contributed by atoms with Crippen molar-refractivity contribution in [3.05, 3.63) is 78.2 Å². The van der Waals surface area contributed by atoms with E-state index in [0.717, 1.165) is 5.56 Å². The van der Waals surface area contributed by atoms with Crippen molar-refractivity contribution in [2.75, 3.05) is 32.8 Å². The summed E-state index contributed by atoms with van der Waals surface area (Å²) >= 11 is 0. The number of nitrogens with one attached hydrogen (secondary N) is 2. The van der Waals surface area contributed by atoms with Crippen LogP contribution in [0.1, 0.15) is 30.3 Å². The Morgan fingerprint density at radius 2 is 1.68 bits per heavy atom. The number of hydrogen-bond acceptors (Lipinski definition) is 8. The summed E-state index contributed by atoms with van der Waals surface area (Å²) in [5.41, 5.74) is 2.46. The third-order valence-electron chi connectivity index (χ3n) is 6.40. The molecule has 214 valence electrons. The van der Waals surface area contributed by atoms with Gasteiger partial charge in [0.2, 0.25) is 0 Å². The van der Waals surface area contributed by atoms with Gasteiger partial charge in [-0.15, -0.1) is 0 Å². The van der Waals surface area contributed by atoms with Gasteiger partial charge >= 0.3 is 18.0 Å². The Bertz CT molecular complexity index is 1380. The van der Waals surface area contributed by atoms with Crippen LogP contribution in [0.5, 0.6) is 0 Å². The lowest BCUT2D eigenvalue weighted by Gasteiger charge is -2.26. The van der Waals surface area contributed by atoms with E-state index in [9.17, 15) is 23.6 Å². The van der Waals surface area contributed by atoms with Crippen LogP contribution in [0.4, 0.5) is 9.18 Å². The van der Waals surface area contributed by atoms with E-state index in [-0.39, 0.29) is 25.1 Å². The quantitative estimate of drug-likeness (QED) is 0.300. The molecule has 41 heavy (non-hydrogen) atoms. The zero-order valence-corrected chi connectivity index (χ0v) is 22.6. The molecular formula is C30H31FN4O6. The molecular weight excluding hydrogens is 531 g/mol. The van der Waals surface area contributed by atoms with Gasteiger partial charge in [-0.1, -0.05) is 30.3 Å². The molecule has 0 radical (unpaired) electrons. The fourth-order valence-corrected chi connectivity index (χ4v) is 4.26. The molecule has 1 atom stereocenters. The second kappa shape index (κ2) is 14.1. The first-order valence-electron chi connectivity index (χ1n) is 13.3. The minimum absolute atomic E-state index is 0.0203. The second-order valence-corrected chi connectivity index (χ2v) is 9.29. The van der Waals surface area contributed by atoms with Gasteiger partial charge in [-0.05, 0) is 60.9 Å². The van der Waals surface area contributed by atoms with E-state index in [1.165, 1.54) is 17.0 Å². The van der Waals surface area contributed by atoms with Gasteiger partial charge in [-0.2, -0.15) is 0 Å². The summed E-state index contributed by atoms with van der Waals surface area (Å²) in [6.45, 7) is 3.67. The minimum Gasteiger partial charge on any atom is -0.466 e. The number of esters is 2. The molecule has 1 aliphatic rings. The molecule has 2 aromatic carbocycles. The van der Waals surface area contributed by atoms with Crippen LogP contribution in [0.15, 0.2) is 66.7 Å². The van der Waals surface area contributed by atoms with Gasteiger partial charge < -0.3 is 25.0 Å². The number of pyridine rings is 1. The maximum absolute atomic E-state index is 13.6. The van der Waals surface area contributed by atoms with Crippen LogP contribution in [0.3, 0.4) is 0 Å². The van der Waals surface area contributed by atoms with Crippen molar-refractivity contribution in [2.24, 2.45) is 0 Å². The summed E-state index contributed by atoms with van der Waals surface area (Å²) in [6.07, 6.45) is -1.16. The summed E-state index contributed by atoms with van der Waals surface area (Å²) in [5, 5.41) is 5.68. The fourth-order valence-electron chi connectivity index (χ4n) is 4.26. The highest BCUT2D eigenvalue weighted by molar-refractivity contribution is 5.98. The number of ether oxygens (including phenoxy) is 2. The molecule has 3 aromatic rings. The SMILES string of the molecule is CCOC(=O)CCC(NC(=O)c1cc(-c2ccccc2)cc(-c2ccc(F)cc2)n1)C(=O)OC(=O)N1CCNCC1. The lowest BCUT2D eigenvalue weighted by molar-refractivity contribution is -0.144. The first-order chi connectivity index (χ1) is 19.8. The number of rotatable bonds is 9. The van der Waals surface area contributed by atoms with Gasteiger partial charge in [0, 0.05) is 38.2 Å². The van der Waals surface area contributed by atoms with Gasteiger partial charge in [-0.25, -0.2) is 19.0 Å². The number of nitrogens with zero attached hydrogens (tertiary/aromatic N) is 2. The predicted molar refractivity (Wildman–Crippen MR) is 148 cm³/mol. The molecule has 0 bridgehead atoms. The van der Waals surface area contributed by atoms with Gasteiger partial charge in [0.05, 0.1) is 12.3 Å². The highest BCUT2D eigenvalue weighted by Gasteiger charge is 2.29. The molecule has 1 aromatic heterocycles. The zero-order chi connectivity index (χ0) is 29.2. The standard InChI is InChI=1S/C30H31FN4O6/c1-2-40-27(36)13-12-24(29(38)41-30(39)35-16-14-32-15-17-35)34-28(37)26-19-22(20-6-4-3-5-7-20)18-25(33-26)21-8-10-23(31)11-9-21/h3-11,18-19,24,32H,2,12-17H2,1H3,(H,34,37). The van der Waals surface area contributed by atoms with Gasteiger partial charge in [0.25, 0.3) is 5.91 Å². The molecule has 0 saturated carbocycles. The summed E-state index contributed by atoms with van der Waals surface area (Å²) in [7, 11) is 0. The van der Waals surface area contributed by atoms with E-state index in [0.29, 0.717) is 43.0 Å².